The fourth-order valence-electron chi connectivity index (χ4n) is 3.49. The number of nitrogens with zero attached hydrogens (tertiary/aromatic N) is 3. The first-order chi connectivity index (χ1) is 15.2. The Hall–Kier alpha value is -2.84. The maximum Gasteiger partial charge on any atom is 0.192 e. The Morgan fingerprint density at radius 3 is 2.81 bits per heavy atom. The third-order valence-electron chi connectivity index (χ3n) is 4.88. The zero-order chi connectivity index (χ0) is 21.2. The molecule has 1 unspecified atom stereocenters. The van der Waals surface area contributed by atoms with E-state index in [0.717, 1.165) is 16.5 Å². The maximum absolute atomic E-state index is 6.37. The summed E-state index contributed by atoms with van der Waals surface area (Å²) in [7, 11) is 0. The fourth-order valence-corrected chi connectivity index (χ4v) is 4.66. The molecule has 0 amide bonds. The van der Waals surface area contributed by atoms with Crippen molar-refractivity contribution in [1.82, 2.24) is 14.8 Å². The summed E-state index contributed by atoms with van der Waals surface area (Å²) in [5, 5.41) is 10.1. The third-order valence-corrected chi connectivity index (χ3v) is 6.20. The minimum absolute atomic E-state index is 0.347. The molecule has 1 aromatic heterocycles. The number of rotatable bonds is 6. The lowest BCUT2D eigenvalue weighted by molar-refractivity contribution is 0.0821. The van der Waals surface area contributed by atoms with Crippen molar-refractivity contribution >= 4 is 23.4 Å². The summed E-state index contributed by atoms with van der Waals surface area (Å²) < 4.78 is 25.2. The molecule has 0 bridgehead atoms. The lowest BCUT2D eigenvalue weighted by atomic mass is 10.2. The number of thioether (sulfide) groups is 1. The number of hydrogen-bond acceptors (Lipinski definition) is 7. The Labute approximate surface area is 188 Å². The second-order valence-corrected chi connectivity index (χ2v) is 8.34. The Bertz CT molecular complexity index is 1120. The molecule has 31 heavy (non-hydrogen) atoms. The molecule has 0 fully saturated rings. The number of aromatic nitrogens is 3. The lowest BCUT2D eigenvalue weighted by Gasteiger charge is -2.26. The van der Waals surface area contributed by atoms with Crippen molar-refractivity contribution in [3.63, 3.8) is 0 Å². The normalized spacial score (nSPS) is 16.7. The summed E-state index contributed by atoms with van der Waals surface area (Å²) in [6.45, 7) is 5.83. The number of ether oxygens (including phenoxy) is 4. The van der Waals surface area contributed by atoms with E-state index >= 15 is 0 Å². The largest absolute Gasteiger partial charge is 0.486 e. The summed E-state index contributed by atoms with van der Waals surface area (Å²) in [6, 6.07) is 11.5. The average molecular weight is 458 g/mol. The number of para-hydroxylation sites is 2. The van der Waals surface area contributed by atoms with Crippen molar-refractivity contribution in [3.8, 4) is 23.0 Å². The van der Waals surface area contributed by atoms with Gasteiger partial charge in [-0.3, -0.25) is 4.57 Å². The highest BCUT2D eigenvalue weighted by Crippen LogP contribution is 2.40. The van der Waals surface area contributed by atoms with Crippen LogP contribution in [0, 0.1) is 0 Å². The van der Waals surface area contributed by atoms with E-state index in [1.54, 1.807) is 11.8 Å². The Kier molecular flexibility index (Phi) is 5.65. The van der Waals surface area contributed by atoms with Gasteiger partial charge < -0.3 is 18.9 Å². The zero-order valence-electron chi connectivity index (χ0n) is 16.6. The molecule has 0 spiro atoms. The highest BCUT2D eigenvalue weighted by Gasteiger charge is 2.28. The molecule has 2 aliphatic rings. The van der Waals surface area contributed by atoms with Crippen molar-refractivity contribution in [3.05, 3.63) is 65.5 Å². The number of hydrogen-bond donors (Lipinski definition) is 0. The van der Waals surface area contributed by atoms with E-state index in [4.69, 9.17) is 30.5 Å². The molecule has 9 heteroatoms. The molecule has 5 rings (SSSR count). The molecule has 1 atom stereocenters. The predicted octanol–water partition coefficient (Wildman–Crippen LogP) is 4.69. The first-order valence-corrected chi connectivity index (χ1v) is 11.2. The van der Waals surface area contributed by atoms with E-state index in [0.29, 0.717) is 60.2 Å². The zero-order valence-corrected chi connectivity index (χ0v) is 18.2. The van der Waals surface area contributed by atoms with Gasteiger partial charge in [0.25, 0.3) is 0 Å². The van der Waals surface area contributed by atoms with Crippen LogP contribution < -0.4 is 18.9 Å². The molecule has 0 N–H and O–H groups in total. The average Bonchev–Trinajstić information content (AvgIpc) is 3.20. The fraction of sp³-hybridized carbons (Fsp3) is 0.273. The molecule has 0 radical (unpaired) electrons. The quantitative estimate of drug-likeness (QED) is 0.392. The standard InChI is InChI=1S/C22H20ClN3O4S/c1-2-7-26-21(19-12-29-16-5-3-4-6-17(16)30-19)24-25-22(26)31-13-14-10-15(23)20-18(11-14)27-8-9-28-20/h2-6,10-11,19H,1,7-9,12-13H2. The molecule has 2 aliphatic heterocycles. The van der Waals surface area contributed by atoms with E-state index < -0.39 is 0 Å². The van der Waals surface area contributed by atoms with Crippen molar-refractivity contribution in [1.29, 1.82) is 0 Å². The van der Waals surface area contributed by atoms with Gasteiger partial charge in [-0.15, -0.1) is 16.8 Å². The molecule has 3 aromatic rings. The van der Waals surface area contributed by atoms with Crippen LogP contribution in [0.25, 0.3) is 0 Å². The third kappa shape index (κ3) is 4.05. The van der Waals surface area contributed by atoms with E-state index in [9.17, 15) is 0 Å². The van der Waals surface area contributed by atoms with Gasteiger partial charge in [0.15, 0.2) is 40.1 Å². The topological polar surface area (TPSA) is 67.6 Å². The van der Waals surface area contributed by atoms with Crippen LogP contribution in [-0.2, 0) is 12.3 Å². The smallest absolute Gasteiger partial charge is 0.192 e. The van der Waals surface area contributed by atoms with Gasteiger partial charge in [0.1, 0.15) is 19.8 Å². The minimum Gasteiger partial charge on any atom is -0.486 e. The van der Waals surface area contributed by atoms with Crippen LogP contribution in [0.5, 0.6) is 23.0 Å². The second-order valence-electron chi connectivity index (χ2n) is 6.99. The van der Waals surface area contributed by atoms with Gasteiger partial charge in [-0.2, -0.15) is 0 Å². The second kappa shape index (κ2) is 8.72. The van der Waals surface area contributed by atoms with Crippen LogP contribution in [0.1, 0.15) is 17.5 Å². The van der Waals surface area contributed by atoms with Crippen LogP contribution in [0.2, 0.25) is 5.02 Å². The molecule has 0 saturated heterocycles. The van der Waals surface area contributed by atoms with Crippen molar-refractivity contribution in [2.24, 2.45) is 0 Å². The molecule has 2 aromatic carbocycles. The number of halogens is 1. The van der Waals surface area contributed by atoms with E-state index in [1.807, 2.05) is 47.0 Å². The molecule has 160 valence electrons. The van der Waals surface area contributed by atoms with E-state index in [1.165, 1.54) is 0 Å². The van der Waals surface area contributed by atoms with Gasteiger partial charge in [-0.05, 0) is 29.8 Å². The van der Waals surface area contributed by atoms with Gasteiger partial charge in [-0.25, -0.2) is 0 Å². The lowest BCUT2D eigenvalue weighted by Crippen LogP contribution is -2.25. The number of benzene rings is 2. The van der Waals surface area contributed by atoms with Gasteiger partial charge in [-0.1, -0.05) is 41.6 Å². The van der Waals surface area contributed by atoms with Crippen molar-refractivity contribution in [2.75, 3.05) is 19.8 Å². The summed E-state index contributed by atoms with van der Waals surface area (Å²) in [5.74, 6) is 4.07. The Morgan fingerprint density at radius 2 is 1.94 bits per heavy atom. The molecule has 7 nitrogen and oxygen atoms in total. The SMILES string of the molecule is C=CCn1c(SCc2cc(Cl)c3c(c2)OCCO3)nnc1C1COc2ccccc2O1. The van der Waals surface area contributed by atoms with Crippen LogP contribution in [0.15, 0.2) is 54.2 Å². The molecule has 0 saturated carbocycles. The molecular weight excluding hydrogens is 438 g/mol. The van der Waals surface area contributed by atoms with Crippen LogP contribution in [0.4, 0.5) is 0 Å². The summed E-state index contributed by atoms with van der Waals surface area (Å²) in [6.07, 6.45) is 1.47. The molecular formula is C22H20ClN3O4S. The monoisotopic (exact) mass is 457 g/mol. The van der Waals surface area contributed by atoms with Gasteiger partial charge in [0, 0.05) is 12.3 Å². The van der Waals surface area contributed by atoms with Gasteiger partial charge >= 0.3 is 0 Å². The van der Waals surface area contributed by atoms with E-state index in [2.05, 4.69) is 16.8 Å². The van der Waals surface area contributed by atoms with Gasteiger partial charge in [0.05, 0.1) is 5.02 Å². The van der Waals surface area contributed by atoms with E-state index in [-0.39, 0.29) is 6.10 Å². The Balaban J connectivity index is 1.35. The first-order valence-electron chi connectivity index (χ1n) is 9.86. The van der Waals surface area contributed by atoms with Crippen molar-refractivity contribution in [2.45, 2.75) is 23.6 Å². The van der Waals surface area contributed by atoms with Crippen LogP contribution in [-0.4, -0.2) is 34.6 Å². The molecule has 0 aliphatic carbocycles. The Morgan fingerprint density at radius 1 is 1.10 bits per heavy atom. The predicted molar refractivity (Wildman–Crippen MR) is 118 cm³/mol. The number of allylic oxidation sites excluding steroid dienone is 1. The number of fused-ring (bicyclic) bond motifs is 2. The van der Waals surface area contributed by atoms with Crippen LogP contribution in [0.3, 0.4) is 0 Å². The first kappa shape index (κ1) is 20.1. The summed E-state index contributed by atoms with van der Waals surface area (Å²) in [5.41, 5.74) is 1.01. The highest BCUT2D eigenvalue weighted by atomic mass is 35.5. The van der Waals surface area contributed by atoms with Crippen LogP contribution >= 0.6 is 23.4 Å². The summed E-state index contributed by atoms with van der Waals surface area (Å²) >= 11 is 7.93. The minimum atomic E-state index is -0.347. The maximum atomic E-state index is 6.37. The van der Waals surface area contributed by atoms with Crippen molar-refractivity contribution < 1.29 is 18.9 Å². The summed E-state index contributed by atoms with van der Waals surface area (Å²) in [4.78, 5) is 0. The highest BCUT2D eigenvalue weighted by molar-refractivity contribution is 7.98. The van der Waals surface area contributed by atoms with Gasteiger partial charge in [0.2, 0.25) is 0 Å². The molecule has 3 heterocycles.